The van der Waals surface area contributed by atoms with Crippen LogP contribution < -0.4 is 26.9 Å². The van der Waals surface area contributed by atoms with Gasteiger partial charge in [-0.25, -0.2) is 21.7 Å². The van der Waals surface area contributed by atoms with Crippen molar-refractivity contribution >= 4 is 12.1 Å². The number of ether oxygens (including phenoxy) is 1. The van der Waals surface area contributed by atoms with Crippen LogP contribution in [0.5, 0.6) is 5.75 Å². The third-order valence-electron chi connectivity index (χ3n) is 5.27. The van der Waals surface area contributed by atoms with Gasteiger partial charge in [-0.3, -0.25) is 10.2 Å². The summed E-state index contributed by atoms with van der Waals surface area (Å²) in [6.07, 6.45) is 4.69. The minimum atomic E-state index is 0.403. The van der Waals surface area contributed by atoms with Gasteiger partial charge in [-0.15, -0.1) is 0 Å². The molecule has 0 bridgehead atoms. The summed E-state index contributed by atoms with van der Waals surface area (Å²) in [5.74, 6) is 12.8. The molecule has 8 heteroatoms. The molecule has 0 unspecified atom stereocenters. The molecule has 3 aromatic rings. The fourth-order valence-electron chi connectivity index (χ4n) is 3.59. The van der Waals surface area contributed by atoms with E-state index in [2.05, 4.69) is 47.0 Å². The monoisotopic (exact) mass is 434 g/mol. The highest BCUT2D eigenvalue weighted by molar-refractivity contribution is 5.62. The van der Waals surface area contributed by atoms with Crippen molar-refractivity contribution in [2.24, 2.45) is 11.7 Å². The zero-order valence-electron chi connectivity index (χ0n) is 18.7. The van der Waals surface area contributed by atoms with Gasteiger partial charge in [0.25, 0.3) is 0 Å². The Morgan fingerprint density at radius 2 is 1.97 bits per heavy atom. The first-order chi connectivity index (χ1) is 15.4. The molecular weight excluding hydrogens is 404 g/mol. The number of benzene rings is 2. The third kappa shape index (κ3) is 5.81. The van der Waals surface area contributed by atoms with E-state index in [0.717, 1.165) is 34.1 Å². The summed E-state index contributed by atoms with van der Waals surface area (Å²) in [6.45, 7) is 4.48. The largest absolute Gasteiger partial charge is 0.489 e. The molecule has 0 spiro atoms. The first-order valence-corrected chi connectivity index (χ1v) is 10.5. The first-order valence-electron chi connectivity index (χ1n) is 10.5. The normalized spacial score (nSPS) is 12.4. The highest BCUT2D eigenvalue weighted by Crippen LogP contribution is 2.43. The quantitative estimate of drug-likeness (QED) is 0.226. The van der Waals surface area contributed by atoms with Crippen molar-refractivity contribution in [1.29, 1.82) is 0 Å². The molecule has 2 aromatic carbocycles. The third-order valence-corrected chi connectivity index (χ3v) is 5.27. The van der Waals surface area contributed by atoms with Crippen molar-refractivity contribution in [2.45, 2.75) is 39.2 Å². The van der Waals surface area contributed by atoms with Gasteiger partial charge >= 0.3 is 0 Å². The Hall–Kier alpha value is -3.49. The lowest BCUT2D eigenvalue weighted by molar-refractivity contribution is -0.109. The summed E-state index contributed by atoms with van der Waals surface area (Å²) >= 11 is 0. The lowest BCUT2D eigenvalue weighted by atomic mass is 10.0. The Kier molecular flexibility index (Phi) is 7.75. The molecule has 1 amide bonds. The lowest BCUT2D eigenvalue weighted by Crippen LogP contribution is -2.27. The number of carbonyl (C=O) groups is 1. The van der Waals surface area contributed by atoms with Crippen LogP contribution in [0.2, 0.25) is 0 Å². The molecule has 1 saturated carbocycles. The van der Waals surface area contributed by atoms with Crippen LogP contribution in [0.1, 0.15) is 41.3 Å². The number of aryl methyl sites for hydroxylation is 2. The first kappa shape index (κ1) is 23.2. The Morgan fingerprint density at radius 3 is 2.56 bits per heavy atom. The SMILES string of the molecule is Cc1nccc(-c2ccc(OCc3c(C4CC4)cccc3N(C)N)c(C)c2)n1.NNC=O. The highest BCUT2D eigenvalue weighted by Gasteiger charge is 2.27. The van der Waals surface area contributed by atoms with Gasteiger partial charge in [-0.2, -0.15) is 0 Å². The maximum Gasteiger partial charge on any atom is 0.221 e. The van der Waals surface area contributed by atoms with E-state index in [4.69, 9.17) is 15.4 Å². The van der Waals surface area contributed by atoms with Crippen molar-refractivity contribution in [3.8, 4) is 17.0 Å². The van der Waals surface area contributed by atoms with Crippen molar-refractivity contribution in [3.05, 3.63) is 71.2 Å². The van der Waals surface area contributed by atoms with E-state index in [1.54, 1.807) is 16.6 Å². The van der Waals surface area contributed by atoms with Crippen LogP contribution in [0, 0.1) is 13.8 Å². The van der Waals surface area contributed by atoms with Gasteiger partial charge in [0.15, 0.2) is 0 Å². The van der Waals surface area contributed by atoms with Gasteiger partial charge < -0.3 is 9.75 Å². The number of aromatic nitrogens is 2. The summed E-state index contributed by atoms with van der Waals surface area (Å²) in [5.41, 5.74) is 8.39. The smallest absolute Gasteiger partial charge is 0.221 e. The molecule has 5 N–H and O–H groups in total. The molecular formula is C24H30N6O2. The van der Waals surface area contributed by atoms with Crippen molar-refractivity contribution < 1.29 is 9.53 Å². The molecule has 0 radical (unpaired) electrons. The molecule has 1 aliphatic carbocycles. The molecule has 4 rings (SSSR count). The number of hydrogen-bond donors (Lipinski definition) is 3. The average molecular weight is 435 g/mol. The van der Waals surface area contributed by atoms with E-state index >= 15 is 0 Å². The summed E-state index contributed by atoms with van der Waals surface area (Å²) in [7, 11) is 1.87. The fraction of sp³-hybridized carbons (Fsp3) is 0.292. The lowest BCUT2D eigenvalue weighted by Gasteiger charge is -2.21. The number of hydrazine groups is 2. The van der Waals surface area contributed by atoms with E-state index in [0.29, 0.717) is 18.9 Å². The summed E-state index contributed by atoms with van der Waals surface area (Å²) in [4.78, 5) is 17.6. The molecule has 32 heavy (non-hydrogen) atoms. The van der Waals surface area contributed by atoms with E-state index in [9.17, 15) is 0 Å². The highest BCUT2D eigenvalue weighted by atomic mass is 16.5. The van der Waals surface area contributed by atoms with Gasteiger partial charge in [0.1, 0.15) is 18.2 Å². The summed E-state index contributed by atoms with van der Waals surface area (Å²) in [5, 5.41) is 1.68. The van der Waals surface area contributed by atoms with Gasteiger partial charge in [0.2, 0.25) is 6.41 Å². The van der Waals surface area contributed by atoms with Crippen LogP contribution in [0.3, 0.4) is 0 Å². The number of nitrogens with two attached hydrogens (primary N) is 2. The van der Waals surface area contributed by atoms with Crippen LogP contribution >= 0.6 is 0 Å². The van der Waals surface area contributed by atoms with Crippen LogP contribution in [0.15, 0.2) is 48.7 Å². The second kappa shape index (κ2) is 10.7. The number of anilines is 1. The van der Waals surface area contributed by atoms with E-state index in [1.165, 1.54) is 24.0 Å². The number of nitrogens with zero attached hydrogens (tertiary/aromatic N) is 3. The molecule has 1 heterocycles. The van der Waals surface area contributed by atoms with Crippen LogP contribution in [-0.4, -0.2) is 23.4 Å². The van der Waals surface area contributed by atoms with E-state index in [-0.39, 0.29) is 0 Å². The van der Waals surface area contributed by atoms with Gasteiger partial charge in [-0.05, 0) is 74.1 Å². The second-order valence-electron chi connectivity index (χ2n) is 7.77. The number of amides is 1. The van der Waals surface area contributed by atoms with Gasteiger partial charge in [0.05, 0.1) is 11.4 Å². The number of hydrogen-bond acceptors (Lipinski definition) is 7. The predicted octanol–water partition coefficient (Wildman–Crippen LogP) is 3.13. The molecule has 168 valence electrons. The maximum atomic E-state index is 8.94. The molecule has 1 fully saturated rings. The van der Waals surface area contributed by atoms with Gasteiger partial charge in [0, 0.05) is 24.4 Å². The zero-order chi connectivity index (χ0) is 23.1. The Labute approximate surface area is 188 Å². The minimum Gasteiger partial charge on any atom is -0.489 e. The second-order valence-corrected chi connectivity index (χ2v) is 7.77. The number of nitrogens with one attached hydrogen (secondary N) is 1. The van der Waals surface area contributed by atoms with Crippen LogP contribution in [-0.2, 0) is 11.4 Å². The van der Waals surface area contributed by atoms with Gasteiger partial charge in [-0.1, -0.05) is 12.1 Å². The Balaban J connectivity index is 0.000000668. The van der Waals surface area contributed by atoms with Crippen molar-refractivity contribution in [3.63, 3.8) is 0 Å². The summed E-state index contributed by atoms with van der Waals surface area (Å²) in [6, 6.07) is 14.5. The fourth-order valence-corrected chi connectivity index (χ4v) is 3.59. The Morgan fingerprint density at radius 1 is 1.22 bits per heavy atom. The van der Waals surface area contributed by atoms with Crippen LogP contribution in [0.25, 0.3) is 11.3 Å². The van der Waals surface area contributed by atoms with E-state index < -0.39 is 0 Å². The summed E-state index contributed by atoms with van der Waals surface area (Å²) < 4.78 is 6.23. The predicted molar refractivity (Wildman–Crippen MR) is 126 cm³/mol. The van der Waals surface area contributed by atoms with Crippen molar-refractivity contribution in [2.75, 3.05) is 12.1 Å². The number of rotatable bonds is 7. The standard InChI is InChI=1S/C23H26N4O.CH4N2O/c1-15-13-18(21-11-12-25-16(2)26-21)9-10-23(15)28-14-20-19(17-7-8-17)5-4-6-22(20)27(3)24;2-3-1-4/h4-6,9-13,17H,7-8,14,24H2,1-3H3;1H,2H2,(H,3,4). The molecule has 0 saturated heterocycles. The number of carbonyl (C=O) groups excluding carboxylic acids is 1. The molecule has 0 atom stereocenters. The molecule has 1 aliphatic rings. The van der Waals surface area contributed by atoms with Crippen LogP contribution in [0.4, 0.5) is 5.69 Å². The molecule has 8 nitrogen and oxygen atoms in total. The minimum absolute atomic E-state index is 0.403. The zero-order valence-corrected chi connectivity index (χ0v) is 18.7. The molecule has 0 aliphatic heterocycles. The molecule has 1 aromatic heterocycles. The van der Waals surface area contributed by atoms with Crippen molar-refractivity contribution in [1.82, 2.24) is 15.4 Å². The topological polar surface area (TPSA) is 119 Å². The Bertz CT molecular complexity index is 1050. The maximum absolute atomic E-state index is 8.94. The average Bonchev–Trinajstić information content (AvgIpc) is 3.63. The van der Waals surface area contributed by atoms with E-state index in [1.807, 2.05) is 32.2 Å².